The highest BCUT2D eigenvalue weighted by molar-refractivity contribution is 5.76. The van der Waals surface area contributed by atoms with Crippen LogP contribution >= 0.6 is 0 Å². The minimum absolute atomic E-state index is 0.119. The Balaban J connectivity index is 2.08. The first-order valence-electron chi connectivity index (χ1n) is 9.13. The first-order chi connectivity index (χ1) is 13.1. The summed E-state index contributed by atoms with van der Waals surface area (Å²) in [6, 6.07) is 9.75. The summed E-state index contributed by atoms with van der Waals surface area (Å²) in [5.74, 6) is 0.973. The van der Waals surface area contributed by atoms with Crippen molar-refractivity contribution in [1.29, 1.82) is 0 Å². The maximum atomic E-state index is 13.5. The standard InChI is InChI=1S/C21H25FN2O3/c1-4-10-23-21(25)24-11-9-15-12-18(26-2)19(27-3)13-17(15)20(24)14-5-7-16(22)8-6-14/h5-8,12-13,20H,4,9-11H2,1-3H3,(H,23,25). The number of nitrogens with zero attached hydrogens (tertiary/aromatic N) is 1. The van der Waals surface area contributed by atoms with Crippen LogP contribution in [0.1, 0.15) is 36.1 Å². The lowest BCUT2D eigenvalue weighted by molar-refractivity contribution is 0.180. The monoisotopic (exact) mass is 372 g/mol. The molecule has 3 rings (SSSR count). The fraction of sp³-hybridized carbons (Fsp3) is 0.381. The zero-order chi connectivity index (χ0) is 19.4. The van der Waals surface area contributed by atoms with Gasteiger partial charge in [0.15, 0.2) is 11.5 Å². The minimum Gasteiger partial charge on any atom is -0.493 e. The van der Waals surface area contributed by atoms with E-state index in [2.05, 4.69) is 5.32 Å². The fourth-order valence-electron chi connectivity index (χ4n) is 3.50. The number of nitrogens with one attached hydrogen (secondary N) is 1. The van der Waals surface area contributed by atoms with Crippen LogP contribution in [-0.2, 0) is 6.42 Å². The lowest BCUT2D eigenvalue weighted by atomic mass is 9.88. The highest BCUT2D eigenvalue weighted by Gasteiger charge is 2.33. The topological polar surface area (TPSA) is 50.8 Å². The third-order valence-electron chi connectivity index (χ3n) is 4.85. The lowest BCUT2D eigenvalue weighted by Crippen LogP contribution is -2.46. The van der Waals surface area contributed by atoms with Crippen molar-refractivity contribution < 1.29 is 18.7 Å². The van der Waals surface area contributed by atoms with Gasteiger partial charge in [0, 0.05) is 13.1 Å². The first kappa shape index (κ1) is 19.0. The molecular formula is C21H25FN2O3. The number of ether oxygens (including phenoxy) is 2. The van der Waals surface area contributed by atoms with E-state index in [1.807, 2.05) is 19.1 Å². The van der Waals surface area contributed by atoms with Crippen LogP contribution in [0.25, 0.3) is 0 Å². The molecule has 0 radical (unpaired) electrons. The van der Waals surface area contributed by atoms with Gasteiger partial charge in [0.25, 0.3) is 0 Å². The van der Waals surface area contributed by atoms with E-state index in [-0.39, 0.29) is 17.9 Å². The highest BCUT2D eigenvalue weighted by atomic mass is 19.1. The molecule has 0 aliphatic carbocycles. The Morgan fingerprint density at radius 2 is 1.85 bits per heavy atom. The second-order valence-corrected chi connectivity index (χ2v) is 6.54. The van der Waals surface area contributed by atoms with Crippen molar-refractivity contribution in [1.82, 2.24) is 10.2 Å². The molecule has 1 unspecified atom stereocenters. The summed E-state index contributed by atoms with van der Waals surface area (Å²) >= 11 is 0. The molecule has 5 nitrogen and oxygen atoms in total. The van der Waals surface area contributed by atoms with Crippen LogP contribution in [0.4, 0.5) is 9.18 Å². The van der Waals surface area contributed by atoms with Crippen molar-refractivity contribution in [3.63, 3.8) is 0 Å². The van der Waals surface area contributed by atoms with Gasteiger partial charge in [-0.15, -0.1) is 0 Å². The Morgan fingerprint density at radius 3 is 2.48 bits per heavy atom. The number of benzene rings is 2. The lowest BCUT2D eigenvalue weighted by Gasteiger charge is -2.38. The summed E-state index contributed by atoms with van der Waals surface area (Å²) in [5, 5.41) is 2.95. The van der Waals surface area contributed by atoms with Crippen molar-refractivity contribution >= 4 is 6.03 Å². The van der Waals surface area contributed by atoms with Gasteiger partial charge in [-0.1, -0.05) is 19.1 Å². The number of urea groups is 1. The van der Waals surface area contributed by atoms with Gasteiger partial charge in [0.1, 0.15) is 5.82 Å². The number of halogens is 1. The van der Waals surface area contributed by atoms with Gasteiger partial charge in [-0.05, 0) is 53.8 Å². The van der Waals surface area contributed by atoms with E-state index in [0.717, 1.165) is 23.1 Å². The molecule has 2 aromatic rings. The van der Waals surface area contributed by atoms with Crippen LogP contribution in [-0.4, -0.2) is 38.2 Å². The zero-order valence-corrected chi connectivity index (χ0v) is 15.9. The van der Waals surface area contributed by atoms with Crippen molar-refractivity contribution in [3.05, 3.63) is 58.9 Å². The molecule has 27 heavy (non-hydrogen) atoms. The molecule has 0 saturated carbocycles. The Morgan fingerprint density at radius 1 is 1.19 bits per heavy atom. The maximum Gasteiger partial charge on any atom is 0.318 e. The van der Waals surface area contributed by atoms with Crippen LogP contribution in [0.15, 0.2) is 36.4 Å². The molecule has 2 aromatic carbocycles. The SMILES string of the molecule is CCCNC(=O)N1CCc2cc(OC)c(OC)cc2C1c1ccc(F)cc1. The summed E-state index contributed by atoms with van der Waals surface area (Å²) in [6.07, 6.45) is 1.58. The molecule has 1 aliphatic heterocycles. The van der Waals surface area contributed by atoms with E-state index >= 15 is 0 Å². The fourth-order valence-corrected chi connectivity index (χ4v) is 3.50. The van der Waals surface area contributed by atoms with Crippen LogP contribution in [0.5, 0.6) is 11.5 Å². The number of hydrogen-bond acceptors (Lipinski definition) is 3. The van der Waals surface area contributed by atoms with Gasteiger partial charge in [-0.3, -0.25) is 0 Å². The van der Waals surface area contributed by atoms with Gasteiger partial charge in [0.2, 0.25) is 0 Å². The third kappa shape index (κ3) is 3.84. The normalized spacial score (nSPS) is 15.9. The van der Waals surface area contributed by atoms with E-state index in [0.29, 0.717) is 31.0 Å². The van der Waals surface area contributed by atoms with E-state index in [1.165, 1.54) is 12.1 Å². The van der Waals surface area contributed by atoms with E-state index in [9.17, 15) is 9.18 Å². The van der Waals surface area contributed by atoms with Gasteiger partial charge in [-0.25, -0.2) is 9.18 Å². The quantitative estimate of drug-likeness (QED) is 0.866. The number of hydrogen-bond donors (Lipinski definition) is 1. The number of carbonyl (C=O) groups excluding carboxylic acids is 1. The van der Waals surface area contributed by atoms with Crippen molar-refractivity contribution in [2.24, 2.45) is 0 Å². The summed E-state index contributed by atoms with van der Waals surface area (Å²) in [4.78, 5) is 14.6. The number of carbonyl (C=O) groups is 1. The number of rotatable bonds is 5. The minimum atomic E-state index is -0.314. The second-order valence-electron chi connectivity index (χ2n) is 6.54. The smallest absolute Gasteiger partial charge is 0.318 e. The Labute approximate surface area is 159 Å². The molecule has 1 aliphatic rings. The summed E-state index contributed by atoms with van der Waals surface area (Å²) in [6.45, 7) is 3.20. The highest BCUT2D eigenvalue weighted by Crippen LogP contribution is 2.41. The molecule has 1 atom stereocenters. The van der Waals surface area contributed by atoms with Crippen LogP contribution in [0.3, 0.4) is 0 Å². The Bertz CT molecular complexity index is 808. The molecule has 1 N–H and O–H groups in total. The van der Waals surface area contributed by atoms with Crippen molar-refractivity contribution in [2.45, 2.75) is 25.8 Å². The van der Waals surface area contributed by atoms with Crippen LogP contribution < -0.4 is 14.8 Å². The van der Waals surface area contributed by atoms with Gasteiger partial charge < -0.3 is 19.7 Å². The maximum absolute atomic E-state index is 13.5. The summed E-state index contributed by atoms with van der Waals surface area (Å²) < 4.78 is 24.3. The predicted molar refractivity (Wildman–Crippen MR) is 102 cm³/mol. The molecule has 0 saturated heterocycles. The Hall–Kier alpha value is -2.76. The third-order valence-corrected chi connectivity index (χ3v) is 4.85. The molecule has 0 bridgehead atoms. The van der Waals surface area contributed by atoms with Crippen LogP contribution in [0, 0.1) is 5.82 Å². The summed E-state index contributed by atoms with van der Waals surface area (Å²) in [5.41, 5.74) is 2.93. The molecule has 0 aromatic heterocycles. The first-order valence-corrected chi connectivity index (χ1v) is 9.13. The van der Waals surface area contributed by atoms with Gasteiger partial charge in [-0.2, -0.15) is 0 Å². The molecule has 6 heteroatoms. The number of fused-ring (bicyclic) bond motifs is 1. The van der Waals surface area contributed by atoms with Gasteiger partial charge in [0.05, 0.1) is 20.3 Å². The molecule has 2 amide bonds. The molecule has 144 valence electrons. The molecule has 0 fully saturated rings. The van der Waals surface area contributed by atoms with Crippen molar-refractivity contribution in [3.8, 4) is 11.5 Å². The average Bonchev–Trinajstić information content (AvgIpc) is 2.70. The van der Waals surface area contributed by atoms with E-state index in [1.54, 1.807) is 31.3 Å². The van der Waals surface area contributed by atoms with E-state index in [4.69, 9.17) is 9.47 Å². The zero-order valence-electron chi connectivity index (χ0n) is 15.9. The Kier molecular flexibility index (Phi) is 5.84. The summed E-state index contributed by atoms with van der Waals surface area (Å²) in [7, 11) is 3.20. The molecular weight excluding hydrogens is 347 g/mol. The van der Waals surface area contributed by atoms with Crippen molar-refractivity contribution in [2.75, 3.05) is 27.3 Å². The number of amides is 2. The van der Waals surface area contributed by atoms with E-state index < -0.39 is 0 Å². The molecule has 0 spiro atoms. The number of methoxy groups -OCH3 is 2. The predicted octanol–water partition coefficient (Wildman–Crippen LogP) is 3.91. The molecule has 1 heterocycles. The van der Waals surface area contributed by atoms with Crippen LogP contribution in [0.2, 0.25) is 0 Å². The average molecular weight is 372 g/mol. The largest absolute Gasteiger partial charge is 0.493 e. The second kappa shape index (κ2) is 8.29. The van der Waals surface area contributed by atoms with Gasteiger partial charge >= 0.3 is 6.03 Å².